The Labute approximate surface area is 91.2 Å². The molecule has 0 amide bonds. The van der Waals surface area contributed by atoms with E-state index in [9.17, 15) is 0 Å². The molecule has 0 fully saturated rings. The molecule has 2 heterocycles. The summed E-state index contributed by atoms with van der Waals surface area (Å²) in [6.07, 6.45) is 3.20. The van der Waals surface area contributed by atoms with Gasteiger partial charge in [-0.2, -0.15) is 20.0 Å². The Bertz CT molecular complexity index is 545. The van der Waals surface area contributed by atoms with Gasteiger partial charge >= 0.3 is 0 Å². The lowest BCUT2D eigenvalue weighted by atomic mass is 10.4. The molecule has 0 spiro atoms. The van der Waals surface area contributed by atoms with E-state index < -0.39 is 0 Å². The Morgan fingerprint density at radius 1 is 1.60 bits per heavy atom. The predicted molar refractivity (Wildman–Crippen MR) is 58.3 cm³/mol. The van der Waals surface area contributed by atoms with E-state index in [2.05, 4.69) is 20.4 Å². The molecule has 0 bridgehead atoms. The summed E-state index contributed by atoms with van der Waals surface area (Å²) >= 11 is 4.95. The lowest BCUT2D eigenvalue weighted by Gasteiger charge is -1.92. The Balaban J connectivity index is 2.29. The van der Waals surface area contributed by atoms with Crippen LogP contribution in [0.4, 0.5) is 0 Å². The number of hydrogen-bond donors (Lipinski definition) is 1. The highest BCUT2D eigenvalue weighted by molar-refractivity contribution is 7.71. The van der Waals surface area contributed by atoms with Gasteiger partial charge in [0.2, 0.25) is 4.77 Å². The average molecular weight is 222 g/mol. The van der Waals surface area contributed by atoms with Gasteiger partial charge in [-0.15, -0.1) is 0 Å². The van der Waals surface area contributed by atoms with Gasteiger partial charge < -0.3 is 0 Å². The Morgan fingerprint density at radius 3 is 2.93 bits per heavy atom. The lowest BCUT2D eigenvalue weighted by Crippen LogP contribution is -1.98. The molecule has 0 saturated carbocycles. The topological polar surface area (TPSA) is 63.8 Å². The highest BCUT2D eigenvalue weighted by atomic mass is 32.1. The summed E-state index contributed by atoms with van der Waals surface area (Å²) in [5.74, 6) is 0. The van der Waals surface area contributed by atoms with Crippen LogP contribution in [0.25, 0.3) is 0 Å². The third-order valence-corrected chi connectivity index (χ3v) is 2.17. The maximum absolute atomic E-state index is 4.95. The van der Waals surface area contributed by atoms with Gasteiger partial charge in [0.15, 0.2) is 0 Å². The van der Waals surface area contributed by atoms with Crippen LogP contribution in [0.5, 0.6) is 0 Å². The van der Waals surface area contributed by atoms with E-state index in [0.717, 1.165) is 11.4 Å². The highest BCUT2D eigenvalue weighted by Gasteiger charge is 1.98. The van der Waals surface area contributed by atoms with Crippen LogP contribution in [0.1, 0.15) is 11.4 Å². The molecular formula is C8H10N6S. The van der Waals surface area contributed by atoms with Crippen molar-refractivity contribution in [2.24, 2.45) is 12.1 Å². The molecule has 0 aromatic carbocycles. The molecule has 0 aliphatic heterocycles. The van der Waals surface area contributed by atoms with E-state index in [-0.39, 0.29) is 0 Å². The van der Waals surface area contributed by atoms with Crippen molar-refractivity contribution in [1.29, 1.82) is 0 Å². The first-order valence-electron chi connectivity index (χ1n) is 4.34. The zero-order valence-corrected chi connectivity index (χ0v) is 9.19. The molecule has 2 aromatic heterocycles. The molecule has 78 valence electrons. The summed E-state index contributed by atoms with van der Waals surface area (Å²) in [5, 5.41) is 14.7. The standard InChI is InChI=1S/C8H10N6S/c1-6-3-7(13(2)12-6)4-10-14-5-9-11-8(14)15/h3-5H,1-2H3,(H,11,15)/b10-4+. The van der Waals surface area contributed by atoms with E-state index in [1.807, 2.05) is 20.0 Å². The largest absolute Gasteiger partial charge is 0.267 e. The number of nitrogens with one attached hydrogen (secondary N) is 1. The van der Waals surface area contributed by atoms with Crippen LogP contribution in [0.3, 0.4) is 0 Å². The van der Waals surface area contributed by atoms with Gasteiger partial charge in [-0.1, -0.05) is 0 Å². The van der Waals surface area contributed by atoms with Crippen molar-refractivity contribution in [3.8, 4) is 0 Å². The van der Waals surface area contributed by atoms with Crippen molar-refractivity contribution in [2.75, 3.05) is 0 Å². The maximum Gasteiger partial charge on any atom is 0.216 e. The van der Waals surface area contributed by atoms with Crippen LogP contribution < -0.4 is 0 Å². The molecular weight excluding hydrogens is 212 g/mol. The van der Waals surface area contributed by atoms with Gasteiger partial charge in [0, 0.05) is 7.05 Å². The zero-order valence-electron chi connectivity index (χ0n) is 8.38. The predicted octanol–water partition coefficient (Wildman–Crippen LogP) is 0.865. The first-order valence-corrected chi connectivity index (χ1v) is 4.74. The summed E-state index contributed by atoms with van der Waals surface area (Å²) < 4.78 is 3.70. The van der Waals surface area contributed by atoms with Crippen molar-refractivity contribution in [3.05, 3.63) is 28.6 Å². The molecule has 1 N–H and O–H groups in total. The highest BCUT2D eigenvalue weighted by Crippen LogP contribution is 1.98. The summed E-state index contributed by atoms with van der Waals surface area (Å²) in [5.41, 5.74) is 1.87. The van der Waals surface area contributed by atoms with Gasteiger partial charge in [0.05, 0.1) is 17.6 Å². The van der Waals surface area contributed by atoms with Gasteiger partial charge in [0.1, 0.15) is 6.33 Å². The van der Waals surface area contributed by atoms with E-state index in [1.54, 1.807) is 10.9 Å². The molecule has 2 aromatic rings. The van der Waals surface area contributed by atoms with Crippen LogP contribution in [0.15, 0.2) is 17.5 Å². The first kappa shape index (κ1) is 9.78. The van der Waals surface area contributed by atoms with Crippen molar-refractivity contribution in [3.63, 3.8) is 0 Å². The number of nitrogens with zero attached hydrogens (tertiary/aromatic N) is 5. The molecule has 0 aliphatic rings. The van der Waals surface area contributed by atoms with Crippen molar-refractivity contribution < 1.29 is 0 Å². The Hall–Kier alpha value is -1.76. The van der Waals surface area contributed by atoms with Crippen LogP contribution >= 0.6 is 12.2 Å². The maximum atomic E-state index is 4.95. The van der Waals surface area contributed by atoms with Crippen LogP contribution in [-0.2, 0) is 7.05 Å². The molecule has 0 unspecified atom stereocenters. The summed E-state index contributed by atoms with van der Waals surface area (Å²) in [6.45, 7) is 1.93. The zero-order chi connectivity index (χ0) is 10.8. The number of aromatic amines is 1. The van der Waals surface area contributed by atoms with E-state index in [4.69, 9.17) is 12.2 Å². The van der Waals surface area contributed by atoms with E-state index in [0.29, 0.717) is 4.77 Å². The number of H-pyrrole nitrogens is 1. The fourth-order valence-electron chi connectivity index (χ4n) is 1.20. The normalized spacial score (nSPS) is 11.3. The molecule has 0 saturated heterocycles. The van der Waals surface area contributed by atoms with E-state index >= 15 is 0 Å². The lowest BCUT2D eigenvalue weighted by molar-refractivity contribution is 0.749. The monoisotopic (exact) mass is 222 g/mol. The van der Waals surface area contributed by atoms with Gasteiger partial charge in [-0.25, -0.2) is 0 Å². The van der Waals surface area contributed by atoms with E-state index in [1.165, 1.54) is 11.0 Å². The van der Waals surface area contributed by atoms with Crippen LogP contribution in [0, 0.1) is 11.7 Å². The summed E-state index contributed by atoms with van der Waals surface area (Å²) in [4.78, 5) is 0. The third kappa shape index (κ3) is 2.01. The number of rotatable bonds is 2. The van der Waals surface area contributed by atoms with Crippen molar-refractivity contribution in [2.45, 2.75) is 6.92 Å². The molecule has 15 heavy (non-hydrogen) atoms. The summed E-state index contributed by atoms with van der Waals surface area (Å²) in [7, 11) is 1.86. The molecule has 0 atom stereocenters. The van der Waals surface area contributed by atoms with Crippen LogP contribution in [0.2, 0.25) is 0 Å². The van der Waals surface area contributed by atoms with Crippen molar-refractivity contribution >= 4 is 18.4 Å². The minimum absolute atomic E-state index is 0.463. The van der Waals surface area contributed by atoms with Gasteiger partial charge in [-0.05, 0) is 25.2 Å². The number of aromatic nitrogens is 5. The second-order valence-electron chi connectivity index (χ2n) is 3.08. The molecule has 2 rings (SSSR count). The second kappa shape index (κ2) is 3.77. The number of hydrogen-bond acceptors (Lipinski definition) is 4. The Morgan fingerprint density at radius 2 is 2.40 bits per heavy atom. The minimum atomic E-state index is 0.463. The average Bonchev–Trinajstić information content (AvgIpc) is 2.70. The Kier molecular flexibility index (Phi) is 2.46. The SMILES string of the molecule is Cc1cc(/C=N/n2cn[nH]c2=S)n(C)n1. The van der Waals surface area contributed by atoms with Crippen LogP contribution in [-0.4, -0.2) is 30.9 Å². The van der Waals surface area contributed by atoms with Gasteiger partial charge in [0.25, 0.3) is 0 Å². The van der Waals surface area contributed by atoms with Crippen molar-refractivity contribution in [1.82, 2.24) is 24.7 Å². The van der Waals surface area contributed by atoms with Gasteiger partial charge in [-0.3, -0.25) is 9.78 Å². The quantitative estimate of drug-likeness (QED) is 0.605. The fraction of sp³-hybridized carbons (Fsp3) is 0.250. The first-order chi connectivity index (χ1) is 7.16. The smallest absolute Gasteiger partial charge is 0.216 e. The second-order valence-corrected chi connectivity index (χ2v) is 3.47. The molecule has 0 aliphatic carbocycles. The molecule has 0 radical (unpaired) electrons. The minimum Gasteiger partial charge on any atom is -0.267 e. The third-order valence-electron chi connectivity index (χ3n) is 1.89. The number of aryl methyl sites for hydroxylation is 2. The fourth-order valence-corrected chi connectivity index (χ4v) is 1.34. The molecule has 6 nitrogen and oxygen atoms in total. The molecule has 7 heteroatoms. The summed E-state index contributed by atoms with van der Waals surface area (Å²) in [6, 6.07) is 1.94.